The van der Waals surface area contributed by atoms with Crippen molar-refractivity contribution in [3.05, 3.63) is 53.1 Å². The third-order valence-corrected chi connectivity index (χ3v) is 5.18. The Bertz CT molecular complexity index is 871. The number of carbonyl (C=O) groups excluding carboxylic acids is 2. The van der Waals surface area contributed by atoms with Gasteiger partial charge in [-0.2, -0.15) is 0 Å². The maximum Gasteiger partial charge on any atom is 0.210 e. The molecule has 0 spiro atoms. The Balaban J connectivity index is 2.31. The van der Waals surface area contributed by atoms with Crippen molar-refractivity contribution in [2.45, 2.75) is 11.0 Å². The predicted octanol–water partition coefficient (Wildman–Crippen LogP) is 3.23. The fourth-order valence-corrected chi connectivity index (χ4v) is 3.59. The first-order chi connectivity index (χ1) is 11.5. The van der Waals surface area contributed by atoms with Gasteiger partial charge in [-0.25, -0.2) is 0 Å². The smallest absolute Gasteiger partial charge is 0.210 e. The molecule has 4 nitrogen and oxygen atoms in total. The van der Waals surface area contributed by atoms with Gasteiger partial charge in [0.1, 0.15) is 0 Å². The van der Waals surface area contributed by atoms with Crippen LogP contribution in [-0.4, -0.2) is 36.8 Å². The fraction of sp³-hybridized carbons (Fsp3) is 0.222. The average Bonchev–Trinajstić information content (AvgIpc) is 2.61. The first kappa shape index (κ1) is 17.2. The standard InChI is InChI=1S/C18H15ClO4S/c1-22-17-15(20)14(19)13(16(21)18(17,24)23-2)12-9-5-7-10-6-3-4-8-11(10)12/h3-9,17,24H,1-2H3. The number of rotatable bonds is 3. The highest BCUT2D eigenvalue weighted by atomic mass is 35.5. The first-order valence-corrected chi connectivity index (χ1v) is 8.05. The lowest BCUT2D eigenvalue weighted by Crippen LogP contribution is -2.55. The van der Waals surface area contributed by atoms with E-state index < -0.39 is 22.6 Å². The van der Waals surface area contributed by atoms with Crippen LogP contribution in [0.1, 0.15) is 5.56 Å². The maximum atomic E-state index is 13.1. The van der Waals surface area contributed by atoms with Crippen molar-refractivity contribution in [2.24, 2.45) is 0 Å². The molecule has 0 heterocycles. The number of methoxy groups -OCH3 is 2. The van der Waals surface area contributed by atoms with Crippen LogP contribution in [0.2, 0.25) is 0 Å². The molecule has 0 saturated heterocycles. The van der Waals surface area contributed by atoms with Gasteiger partial charge in [-0.1, -0.05) is 54.1 Å². The van der Waals surface area contributed by atoms with Crippen LogP contribution in [0.15, 0.2) is 47.5 Å². The van der Waals surface area contributed by atoms with Crippen molar-refractivity contribution >= 4 is 52.1 Å². The summed E-state index contributed by atoms with van der Waals surface area (Å²) in [5.74, 6) is -1.03. The number of ether oxygens (including phenoxy) is 2. The molecule has 0 bridgehead atoms. The minimum atomic E-state index is -1.73. The normalized spacial score (nSPS) is 24.8. The number of halogens is 1. The van der Waals surface area contributed by atoms with Crippen molar-refractivity contribution < 1.29 is 19.1 Å². The van der Waals surface area contributed by atoms with E-state index in [2.05, 4.69) is 12.6 Å². The molecule has 0 N–H and O–H groups in total. The molecule has 0 saturated carbocycles. The molecule has 0 aromatic heterocycles. The molecule has 0 fully saturated rings. The Hall–Kier alpha value is -1.66. The Morgan fingerprint density at radius 2 is 1.75 bits per heavy atom. The third kappa shape index (κ3) is 2.40. The summed E-state index contributed by atoms with van der Waals surface area (Å²) in [5.41, 5.74) is 0.671. The zero-order valence-electron chi connectivity index (χ0n) is 13.1. The number of fused-ring (bicyclic) bond motifs is 1. The molecule has 24 heavy (non-hydrogen) atoms. The Morgan fingerprint density at radius 3 is 2.42 bits per heavy atom. The highest BCUT2D eigenvalue weighted by Gasteiger charge is 2.54. The molecule has 2 aromatic carbocycles. The fourth-order valence-electron chi connectivity index (χ4n) is 2.96. The first-order valence-electron chi connectivity index (χ1n) is 7.23. The lowest BCUT2D eigenvalue weighted by atomic mass is 9.85. The van der Waals surface area contributed by atoms with E-state index in [4.69, 9.17) is 21.1 Å². The Morgan fingerprint density at radius 1 is 1.08 bits per heavy atom. The second-order valence-electron chi connectivity index (χ2n) is 5.43. The molecule has 6 heteroatoms. The van der Waals surface area contributed by atoms with Crippen LogP contribution in [0.4, 0.5) is 0 Å². The molecule has 124 valence electrons. The monoisotopic (exact) mass is 362 g/mol. The van der Waals surface area contributed by atoms with Crippen molar-refractivity contribution in [3.8, 4) is 0 Å². The van der Waals surface area contributed by atoms with Gasteiger partial charge in [0.2, 0.25) is 16.5 Å². The summed E-state index contributed by atoms with van der Waals surface area (Å²) in [6.07, 6.45) is -1.20. The second kappa shape index (κ2) is 6.33. The summed E-state index contributed by atoms with van der Waals surface area (Å²) in [6, 6.07) is 13.0. The van der Waals surface area contributed by atoms with E-state index in [-0.39, 0.29) is 10.6 Å². The number of benzene rings is 2. The van der Waals surface area contributed by atoms with Crippen molar-refractivity contribution in [1.29, 1.82) is 0 Å². The molecule has 2 unspecified atom stereocenters. The maximum absolute atomic E-state index is 13.1. The number of ketones is 2. The van der Waals surface area contributed by atoms with Gasteiger partial charge >= 0.3 is 0 Å². The van der Waals surface area contributed by atoms with Crippen molar-refractivity contribution in [3.63, 3.8) is 0 Å². The lowest BCUT2D eigenvalue weighted by Gasteiger charge is -2.36. The molecule has 0 radical (unpaired) electrons. The molecule has 1 aliphatic rings. The van der Waals surface area contributed by atoms with Gasteiger partial charge < -0.3 is 9.47 Å². The molecule has 2 aromatic rings. The van der Waals surface area contributed by atoms with Gasteiger partial charge in [-0.05, 0) is 16.3 Å². The van der Waals surface area contributed by atoms with E-state index >= 15 is 0 Å². The molecule has 0 aliphatic heterocycles. The number of hydrogen-bond acceptors (Lipinski definition) is 5. The summed E-state index contributed by atoms with van der Waals surface area (Å²) in [7, 11) is 2.62. The summed E-state index contributed by atoms with van der Waals surface area (Å²) in [4.78, 5) is 23.9. The van der Waals surface area contributed by atoms with Crippen LogP contribution in [0.5, 0.6) is 0 Å². The van der Waals surface area contributed by atoms with Gasteiger partial charge in [0.25, 0.3) is 0 Å². The Labute approximate surface area is 149 Å². The molecule has 1 aliphatic carbocycles. The van der Waals surface area contributed by atoms with Gasteiger partial charge in [-0.15, -0.1) is 12.6 Å². The van der Waals surface area contributed by atoms with Crippen molar-refractivity contribution in [2.75, 3.05) is 14.2 Å². The van der Waals surface area contributed by atoms with E-state index in [0.717, 1.165) is 10.8 Å². The lowest BCUT2D eigenvalue weighted by molar-refractivity contribution is -0.148. The van der Waals surface area contributed by atoms with Crippen LogP contribution < -0.4 is 0 Å². The van der Waals surface area contributed by atoms with Gasteiger partial charge in [0.05, 0.1) is 10.6 Å². The van der Waals surface area contributed by atoms with Crippen LogP contribution in [0.3, 0.4) is 0 Å². The van der Waals surface area contributed by atoms with Crippen LogP contribution in [0, 0.1) is 0 Å². The van der Waals surface area contributed by atoms with Gasteiger partial charge in [-0.3, -0.25) is 9.59 Å². The zero-order valence-corrected chi connectivity index (χ0v) is 14.7. The summed E-state index contributed by atoms with van der Waals surface area (Å²) < 4.78 is 10.4. The minimum absolute atomic E-state index is 0.101. The number of Topliss-reactive ketones (excluding diaryl/α,β-unsaturated/α-hetero) is 2. The topological polar surface area (TPSA) is 52.6 Å². The van der Waals surface area contributed by atoms with Gasteiger partial charge in [0, 0.05) is 14.2 Å². The largest absolute Gasteiger partial charge is 0.369 e. The van der Waals surface area contributed by atoms with Crippen molar-refractivity contribution in [1.82, 2.24) is 0 Å². The van der Waals surface area contributed by atoms with E-state index in [1.54, 1.807) is 6.07 Å². The van der Waals surface area contributed by atoms with E-state index in [1.807, 2.05) is 36.4 Å². The number of thiol groups is 1. The quantitative estimate of drug-likeness (QED) is 0.672. The predicted molar refractivity (Wildman–Crippen MR) is 96.3 cm³/mol. The average molecular weight is 363 g/mol. The highest BCUT2D eigenvalue weighted by molar-refractivity contribution is 7.82. The van der Waals surface area contributed by atoms with E-state index in [0.29, 0.717) is 5.56 Å². The molecule has 2 atom stereocenters. The van der Waals surface area contributed by atoms with Gasteiger partial charge in [0.15, 0.2) is 6.10 Å². The summed E-state index contributed by atoms with van der Waals surface area (Å²) >= 11 is 10.6. The molecule has 3 rings (SSSR count). The number of carbonyl (C=O) groups is 2. The SMILES string of the molecule is COC1C(=O)C(Cl)=C(c2cccc3ccccc23)C(=O)C1(S)OC. The summed E-state index contributed by atoms with van der Waals surface area (Å²) in [6.45, 7) is 0. The number of hydrogen-bond donors (Lipinski definition) is 1. The molecule has 0 amide bonds. The van der Waals surface area contributed by atoms with Crippen LogP contribution in [0.25, 0.3) is 16.3 Å². The zero-order chi connectivity index (χ0) is 17.5. The second-order valence-corrected chi connectivity index (χ2v) is 6.47. The van der Waals surface area contributed by atoms with E-state index in [1.165, 1.54) is 14.2 Å². The van der Waals surface area contributed by atoms with Crippen LogP contribution >= 0.6 is 24.2 Å². The minimum Gasteiger partial charge on any atom is -0.369 e. The molecular weight excluding hydrogens is 348 g/mol. The van der Waals surface area contributed by atoms with E-state index in [9.17, 15) is 9.59 Å². The third-order valence-electron chi connectivity index (χ3n) is 4.19. The Kier molecular flexibility index (Phi) is 4.53. The summed E-state index contributed by atoms with van der Waals surface area (Å²) in [5, 5.41) is 1.59. The highest BCUT2D eigenvalue weighted by Crippen LogP contribution is 2.42. The van der Waals surface area contributed by atoms with Crippen LogP contribution in [-0.2, 0) is 19.1 Å². The molecular formula is C18H15ClO4S.